The Morgan fingerprint density at radius 3 is 2.22 bits per heavy atom. The van der Waals surface area contributed by atoms with Crippen molar-refractivity contribution < 1.29 is 14.6 Å². The van der Waals surface area contributed by atoms with E-state index in [0.29, 0.717) is 5.92 Å². The summed E-state index contributed by atoms with van der Waals surface area (Å²) in [4.78, 5) is 0. The average molecular weight is 250 g/mol. The van der Waals surface area contributed by atoms with Gasteiger partial charge >= 0.3 is 0 Å². The molecule has 0 heterocycles. The maximum absolute atomic E-state index is 10.0. The van der Waals surface area contributed by atoms with E-state index < -0.39 is 0 Å². The lowest BCUT2D eigenvalue weighted by Crippen LogP contribution is -2.26. The first-order valence-corrected chi connectivity index (χ1v) is 6.63. The number of hydrogen-bond acceptors (Lipinski definition) is 3. The molecule has 0 amide bonds. The van der Waals surface area contributed by atoms with Crippen LogP contribution in [0.2, 0.25) is 0 Å². The van der Waals surface area contributed by atoms with Gasteiger partial charge in [0.15, 0.2) is 0 Å². The number of rotatable bonds is 4. The van der Waals surface area contributed by atoms with E-state index in [9.17, 15) is 5.11 Å². The predicted molar refractivity (Wildman–Crippen MR) is 71.2 cm³/mol. The summed E-state index contributed by atoms with van der Waals surface area (Å²) in [6, 6.07) is 5.94. The van der Waals surface area contributed by atoms with Gasteiger partial charge in [-0.15, -0.1) is 0 Å². The highest BCUT2D eigenvalue weighted by Crippen LogP contribution is 2.30. The highest BCUT2D eigenvalue weighted by Gasteiger charge is 2.23. The van der Waals surface area contributed by atoms with Gasteiger partial charge in [0.25, 0.3) is 0 Å². The maximum Gasteiger partial charge on any atom is 0.122 e. The standard InChI is InChI=1S/C15H22O3/c1-17-13-8-11(9-14(10-13)18-2)7-12-5-3-4-6-15(12)16/h8-10,12,15-16H,3-7H2,1-2H3. The summed E-state index contributed by atoms with van der Waals surface area (Å²) < 4.78 is 10.5. The summed E-state index contributed by atoms with van der Waals surface area (Å²) in [7, 11) is 3.32. The summed E-state index contributed by atoms with van der Waals surface area (Å²) in [6.45, 7) is 0. The fraction of sp³-hybridized carbons (Fsp3) is 0.600. The van der Waals surface area contributed by atoms with E-state index >= 15 is 0 Å². The van der Waals surface area contributed by atoms with Gasteiger partial charge in [0.05, 0.1) is 20.3 Å². The first-order valence-electron chi connectivity index (χ1n) is 6.63. The Hall–Kier alpha value is -1.22. The molecule has 0 aliphatic heterocycles. The molecule has 2 atom stereocenters. The second kappa shape index (κ2) is 6.10. The number of hydrogen-bond donors (Lipinski definition) is 1. The number of aliphatic hydroxyl groups excluding tert-OH is 1. The highest BCUT2D eigenvalue weighted by molar-refractivity contribution is 5.38. The van der Waals surface area contributed by atoms with Crippen molar-refractivity contribution in [2.75, 3.05) is 14.2 Å². The average Bonchev–Trinajstić information content (AvgIpc) is 2.41. The van der Waals surface area contributed by atoms with Crippen LogP contribution < -0.4 is 9.47 Å². The first kappa shape index (κ1) is 13.2. The number of aliphatic hydroxyl groups is 1. The van der Waals surface area contributed by atoms with E-state index in [4.69, 9.17) is 9.47 Å². The maximum atomic E-state index is 10.0. The monoisotopic (exact) mass is 250 g/mol. The Morgan fingerprint density at radius 1 is 1.06 bits per heavy atom. The highest BCUT2D eigenvalue weighted by atomic mass is 16.5. The smallest absolute Gasteiger partial charge is 0.122 e. The summed E-state index contributed by atoms with van der Waals surface area (Å²) in [5.74, 6) is 2.00. The second-order valence-electron chi connectivity index (χ2n) is 5.04. The van der Waals surface area contributed by atoms with Gasteiger partial charge in [-0.05, 0) is 42.9 Å². The lowest BCUT2D eigenvalue weighted by atomic mass is 9.82. The van der Waals surface area contributed by atoms with Gasteiger partial charge in [-0.1, -0.05) is 12.8 Å². The van der Waals surface area contributed by atoms with Gasteiger partial charge in [0.1, 0.15) is 11.5 Å². The van der Waals surface area contributed by atoms with Crippen molar-refractivity contribution in [1.29, 1.82) is 0 Å². The fourth-order valence-corrected chi connectivity index (χ4v) is 2.71. The SMILES string of the molecule is COc1cc(CC2CCCCC2O)cc(OC)c1. The molecule has 0 spiro atoms. The molecule has 100 valence electrons. The van der Waals surface area contributed by atoms with Crippen LogP contribution in [0.1, 0.15) is 31.2 Å². The summed E-state index contributed by atoms with van der Waals surface area (Å²) in [6.07, 6.45) is 5.17. The zero-order valence-corrected chi connectivity index (χ0v) is 11.2. The lowest BCUT2D eigenvalue weighted by Gasteiger charge is -2.27. The molecule has 0 aromatic heterocycles. The summed E-state index contributed by atoms with van der Waals surface area (Å²) in [5, 5.41) is 10.0. The van der Waals surface area contributed by atoms with Gasteiger partial charge in [0, 0.05) is 6.07 Å². The van der Waals surface area contributed by atoms with E-state index in [-0.39, 0.29) is 6.10 Å². The van der Waals surface area contributed by atoms with Crippen molar-refractivity contribution in [3.8, 4) is 11.5 Å². The molecule has 1 N–H and O–H groups in total. The third-order valence-corrected chi connectivity index (χ3v) is 3.78. The number of ether oxygens (including phenoxy) is 2. The predicted octanol–water partition coefficient (Wildman–Crippen LogP) is 2.80. The van der Waals surface area contributed by atoms with Crippen LogP contribution in [0.3, 0.4) is 0 Å². The Labute approximate surface area is 109 Å². The van der Waals surface area contributed by atoms with Crippen LogP contribution in [0.25, 0.3) is 0 Å². The molecule has 1 aliphatic carbocycles. The summed E-state index contributed by atoms with van der Waals surface area (Å²) in [5.41, 5.74) is 1.18. The normalized spacial score (nSPS) is 23.7. The molecule has 18 heavy (non-hydrogen) atoms. The molecule has 2 rings (SSSR count). The van der Waals surface area contributed by atoms with Crippen molar-refractivity contribution in [2.45, 2.75) is 38.2 Å². The molecule has 1 fully saturated rings. The van der Waals surface area contributed by atoms with Crippen molar-refractivity contribution in [3.63, 3.8) is 0 Å². The molecule has 3 nitrogen and oxygen atoms in total. The van der Waals surface area contributed by atoms with Crippen LogP contribution in [-0.4, -0.2) is 25.4 Å². The first-order chi connectivity index (χ1) is 8.72. The Morgan fingerprint density at radius 2 is 1.67 bits per heavy atom. The van der Waals surface area contributed by atoms with Gasteiger partial charge in [-0.25, -0.2) is 0 Å². The zero-order chi connectivity index (χ0) is 13.0. The van der Waals surface area contributed by atoms with Crippen LogP contribution >= 0.6 is 0 Å². The molecule has 1 aliphatic rings. The molecule has 0 saturated heterocycles. The van der Waals surface area contributed by atoms with Crippen LogP contribution in [-0.2, 0) is 6.42 Å². The van der Waals surface area contributed by atoms with E-state index in [1.54, 1.807) is 14.2 Å². The van der Waals surface area contributed by atoms with Crippen LogP contribution in [0.4, 0.5) is 0 Å². The molecule has 1 aromatic carbocycles. The van der Waals surface area contributed by atoms with Gasteiger partial charge in [-0.3, -0.25) is 0 Å². The molecule has 3 heteroatoms. The van der Waals surface area contributed by atoms with Crippen molar-refractivity contribution in [3.05, 3.63) is 23.8 Å². The molecular weight excluding hydrogens is 228 g/mol. The molecule has 0 bridgehead atoms. The molecule has 1 saturated carbocycles. The van der Waals surface area contributed by atoms with Gasteiger partial charge in [0.2, 0.25) is 0 Å². The molecular formula is C15H22O3. The molecule has 1 aromatic rings. The van der Waals surface area contributed by atoms with Gasteiger partial charge in [-0.2, -0.15) is 0 Å². The number of benzene rings is 1. The fourth-order valence-electron chi connectivity index (χ4n) is 2.71. The second-order valence-corrected chi connectivity index (χ2v) is 5.04. The van der Waals surface area contributed by atoms with E-state index in [2.05, 4.69) is 0 Å². The van der Waals surface area contributed by atoms with Crippen LogP contribution in [0, 0.1) is 5.92 Å². The van der Waals surface area contributed by atoms with Crippen LogP contribution in [0.15, 0.2) is 18.2 Å². The lowest BCUT2D eigenvalue weighted by molar-refractivity contribution is 0.0700. The third kappa shape index (κ3) is 3.16. The minimum atomic E-state index is -0.157. The number of methoxy groups -OCH3 is 2. The Kier molecular flexibility index (Phi) is 4.48. The van der Waals surface area contributed by atoms with Crippen molar-refractivity contribution in [2.24, 2.45) is 5.92 Å². The van der Waals surface area contributed by atoms with Gasteiger partial charge < -0.3 is 14.6 Å². The summed E-state index contributed by atoms with van der Waals surface area (Å²) >= 11 is 0. The van der Waals surface area contributed by atoms with Crippen molar-refractivity contribution >= 4 is 0 Å². The largest absolute Gasteiger partial charge is 0.497 e. The minimum absolute atomic E-state index is 0.157. The van der Waals surface area contributed by atoms with Crippen molar-refractivity contribution in [1.82, 2.24) is 0 Å². The third-order valence-electron chi connectivity index (χ3n) is 3.78. The Balaban J connectivity index is 2.12. The van der Waals surface area contributed by atoms with E-state index in [1.807, 2.05) is 18.2 Å². The minimum Gasteiger partial charge on any atom is -0.497 e. The topological polar surface area (TPSA) is 38.7 Å². The zero-order valence-electron chi connectivity index (χ0n) is 11.2. The Bertz CT molecular complexity index is 367. The van der Waals surface area contributed by atoms with E-state index in [1.165, 1.54) is 12.0 Å². The molecule has 0 radical (unpaired) electrons. The van der Waals surface area contributed by atoms with Crippen LogP contribution in [0.5, 0.6) is 11.5 Å². The quantitative estimate of drug-likeness (QED) is 0.893. The van der Waals surface area contributed by atoms with E-state index in [0.717, 1.165) is 37.2 Å². The molecule has 2 unspecified atom stereocenters.